The molecule has 0 radical (unpaired) electrons. The Labute approximate surface area is 251 Å². The second-order valence-electron chi connectivity index (χ2n) is 10.8. The molecule has 0 aliphatic carbocycles. The number of thiophene rings is 1. The fraction of sp³-hybridized carbons (Fsp3) is 0. The molecule has 6 aromatic carbocycles. The number of pyridine rings is 1. The van der Waals surface area contributed by atoms with Gasteiger partial charge in [-0.05, 0) is 64.4 Å². The first-order valence-corrected chi connectivity index (χ1v) is 15.2. The van der Waals surface area contributed by atoms with Crippen molar-refractivity contribution in [2.24, 2.45) is 0 Å². The van der Waals surface area contributed by atoms with E-state index in [0.29, 0.717) is 0 Å². The molecular formula is C39H24N2OS. The van der Waals surface area contributed by atoms with Crippen LogP contribution in [0.15, 0.2) is 150 Å². The van der Waals surface area contributed by atoms with Gasteiger partial charge in [0.2, 0.25) is 0 Å². The maximum absolute atomic E-state index is 6.31. The number of anilines is 3. The second-order valence-corrected chi connectivity index (χ2v) is 11.9. The smallest absolute Gasteiger partial charge is 0.138 e. The van der Waals surface area contributed by atoms with Crippen LogP contribution in [0.5, 0.6) is 0 Å². The van der Waals surface area contributed by atoms with Gasteiger partial charge in [0.1, 0.15) is 17.0 Å². The maximum Gasteiger partial charge on any atom is 0.138 e. The van der Waals surface area contributed by atoms with Crippen LogP contribution in [0.1, 0.15) is 0 Å². The molecule has 0 unspecified atom stereocenters. The fourth-order valence-corrected chi connectivity index (χ4v) is 7.34. The summed E-state index contributed by atoms with van der Waals surface area (Å²) in [4.78, 5) is 7.28. The van der Waals surface area contributed by atoms with Gasteiger partial charge in [0, 0.05) is 44.2 Å². The van der Waals surface area contributed by atoms with Gasteiger partial charge in [0.05, 0.1) is 10.4 Å². The Bertz CT molecular complexity index is 2460. The van der Waals surface area contributed by atoms with Gasteiger partial charge in [-0.2, -0.15) is 0 Å². The van der Waals surface area contributed by atoms with Crippen molar-refractivity contribution in [2.45, 2.75) is 0 Å². The average Bonchev–Trinajstić information content (AvgIpc) is 3.63. The Morgan fingerprint density at radius 2 is 1.23 bits per heavy atom. The predicted molar refractivity (Wildman–Crippen MR) is 182 cm³/mol. The van der Waals surface area contributed by atoms with Gasteiger partial charge in [-0.3, -0.25) is 4.90 Å². The standard InChI is InChI=1S/C39H24N2OS/c1-2-8-25(9-3-1)26-14-17-28(18-15-26)41(29-19-20-32-31-12-6-7-13-34(31)42-35(32)22-29)38-23-33-37(24-40-38)43-36-21-16-27-10-4-5-11-30(27)39(33)36/h1-24H. The molecule has 0 aliphatic heterocycles. The van der Waals surface area contributed by atoms with E-state index in [2.05, 4.69) is 126 Å². The molecule has 0 saturated carbocycles. The van der Waals surface area contributed by atoms with Crippen LogP contribution in [-0.4, -0.2) is 4.98 Å². The molecule has 0 spiro atoms. The third-order valence-electron chi connectivity index (χ3n) is 8.32. The van der Waals surface area contributed by atoms with Crippen LogP contribution in [0, 0.1) is 0 Å². The summed E-state index contributed by atoms with van der Waals surface area (Å²) in [6.45, 7) is 0. The van der Waals surface area contributed by atoms with Crippen molar-refractivity contribution < 1.29 is 4.42 Å². The van der Waals surface area contributed by atoms with Crippen molar-refractivity contribution in [1.29, 1.82) is 0 Å². The highest BCUT2D eigenvalue weighted by Crippen LogP contribution is 2.43. The topological polar surface area (TPSA) is 29.3 Å². The highest BCUT2D eigenvalue weighted by molar-refractivity contribution is 7.26. The highest BCUT2D eigenvalue weighted by Gasteiger charge is 2.19. The third kappa shape index (κ3) is 3.92. The first-order chi connectivity index (χ1) is 21.3. The molecule has 4 heteroatoms. The quantitative estimate of drug-likeness (QED) is 0.211. The molecule has 202 valence electrons. The lowest BCUT2D eigenvalue weighted by molar-refractivity contribution is 0.669. The van der Waals surface area contributed by atoms with Gasteiger partial charge in [0.25, 0.3) is 0 Å². The summed E-state index contributed by atoms with van der Waals surface area (Å²) in [6, 6.07) is 49.2. The number of benzene rings is 6. The molecule has 43 heavy (non-hydrogen) atoms. The Hall–Kier alpha value is -5.45. The Balaban J connectivity index is 1.26. The number of hydrogen-bond donors (Lipinski definition) is 0. The van der Waals surface area contributed by atoms with Crippen LogP contribution >= 0.6 is 11.3 Å². The highest BCUT2D eigenvalue weighted by atomic mass is 32.1. The fourth-order valence-electron chi connectivity index (χ4n) is 6.26. The van der Waals surface area contributed by atoms with E-state index in [-0.39, 0.29) is 0 Å². The van der Waals surface area contributed by atoms with Gasteiger partial charge in [-0.1, -0.05) is 91.0 Å². The Morgan fingerprint density at radius 3 is 2.12 bits per heavy atom. The number of para-hydroxylation sites is 1. The molecule has 0 amide bonds. The Morgan fingerprint density at radius 1 is 0.512 bits per heavy atom. The summed E-state index contributed by atoms with van der Waals surface area (Å²) >= 11 is 1.80. The second kappa shape index (κ2) is 9.55. The molecule has 0 fully saturated rings. The molecule has 9 aromatic rings. The summed E-state index contributed by atoms with van der Waals surface area (Å²) in [5.41, 5.74) is 6.15. The van der Waals surface area contributed by atoms with Gasteiger partial charge in [0.15, 0.2) is 0 Å². The summed E-state index contributed by atoms with van der Waals surface area (Å²) < 4.78 is 8.77. The van der Waals surface area contributed by atoms with Gasteiger partial charge >= 0.3 is 0 Å². The molecule has 0 saturated heterocycles. The first kappa shape index (κ1) is 24.2. The van der Waals surface area contributed by atoms with E-state index < -0.39 is 0 Å². The lowest BCUT2D eigenvalue weighted by atomic mass is 10.0. The van der Waals surface area contributed by atoms with Crippen LogP contribution in [0.2, 0.25) is 0 Å². The number of fused-ring (bicyclic) bond motifs is 8. The van der Waals surface area contributed by atoms with Crippen LogP contribution in [0.25, 0.3) is 64.0 Å². The molecule has 0 bridgehead atoms. The summed E-state index contributed by atoms with van der Waals surface area (Å²) in [7, 11) is 0. The zero-order valence-electron chi connectivity index (χ0n) is 23.1. The van der Waals surface area contributed by atoms with Crippen LogP contribution in [-0.2, 0) is 0 Å². The van der Waals surface area contributed by atoms with Crippen molar-refractivity contribution >= 4 is 81.4 Å². The number of rotatable bonds is 4. The molecule has 0 atom stereocenters. The number of aromatic nitrogens is 1. The molecule has 9 rings (SSSR count). The molecular weight excluding hydrogens is 545 g/mol. The molecule has 3 aromatic heterocycles. The van der Waals surface area contributed by atoms with E-state index in [1.807, 2.05) is 24.4 Å². The molecule has 0 N–H and O–H groups in total. The first-order valence-electron chi connectivity index (χ1n) is 14.4. The van der Waals surface area contributed by atoms with E-state index in [1.165, 1.54) is 42.1 Å². The Kier molecular flexibility index (Phi) is 5.37. The lowest BCUT2D eigenvalue weighted by Gasteiger charge is -2.24. The lowest BCUT2D eigenvalue weighted by Crippen LogP contribution is -2.11. The summed E-state index contributed by atoms with van der Waals surface area (Å²) in [5.74, 6) is 0.864. The normalized spacial score (nSPS) is 11.7. The van der Waals surface area contributed by atoms with Gasteiger partial charge in [-0.15, -0.1) is 11.3 Å². The van der Waals surface area contributed by atoms with E-state index in [4.69, 9.17) is 9.40 Å². The zero-order valence-corrected chi connectivity index (χ0v) is 23.9. The number of nitrogens with zero attached hydrogens (tertiary/aromatic N) is 2. The third-order valence-corrected chi connectivity index (χ3v) is 9.42. The maximum atomic E-state index is 6.31. The molecule has 3 nitrogen and oxygen atoms in total. The predicted octanol–water partition coefficient (Wildman–Crippen LogP) is 11.6. The molecule has 0 aliphatic rings. The van der Waals surface area contributed by atoms with Gasteiger partial charge < -0.3 is 4.42 Å². The monoisotopic (exact) mass is 568 g/mol. The van der Waals surface area contributed by atoms with Crippen molar-refractivity contribution in [2.75, 3.05) is 4.90 Å². The van der Waals surface area contributed by atoms with E-state index in [9.17, 15) is 0 Å². The van der Waals surface area contributed by atoms with Crippen molar-refractivity contribution in [3.63, 3.8) is 0 Å². The SMILES string of the molecule is c1ccc(-c2ccc(N(c3ccc4c(c3)oc3ccccc34)c3cc4c(cn3)sc3ccc5ccccc5c34)cc2)cc1. The van der Waals surface area contributed by atoms with Crippen molar-refractivity contribution in [3.05, 3.63) is 146 Å². The van der Waals surface area contributed by atoms with Crippen molar-refractivity contribution in [1.82, 2.24) is 4.98 Å². The van der Waals surface area contributed by atoms with Crippen LogP contribution in [0.4, 0.5) is 17.2 Å². The number of furan rings is 1. The summed E-state index contributed by atoms with van der Waals surface area (Å²) in [6.07, 6.45) is 2.02. The van der Waals surface area contributed by atoms with Crippen LogP contribution in [0.3, 0.4) is 0 Å². The van der Waals surface area contributed by atoms with E-state index >= 15 is 0 Å². The average molecular weight is 569 g/mol. The minimum atomic E-state index is 0.859. The van der Waals surface area contributed by atoms with Gasteiger partial charge in [-0.25, -0.2) is 4.98 Å². The van der Waals surface area contributed by atoms with E-state index in [0.717, 1.165) is 39.1 Å². The largest absolute Gasteiger partial charge is 0.456 e. The minimum absolute atomic E-state index is 0.859. The van der Waals surface area contributed by atoms with E-state index in [1.54, 1.807) is 11.3 Å². The van der Waals surface area contributed by atoms with Crippen LogP contribution < -0.4 is 4.90 Å². The molecule has 3 heterocycles. The minimum Gasteiger partial charge on any atom is -0.456 e. The zero-order chi connectivity index (χ0) is 28.3. The summed E-state index contributed by atoms with van der Waals surface area (Å²) in [5, 5.41) is 7.26. The van der Waals surface area contributed by atoms with Crippen molar-refractivity contribution in [3.8, 4) is 11.1 Å². The number of hydrogen-bond acceptors (Lipinski definition) is 4.